The Labute approximate surface area is 149 Å². The minimum Gasteiger partial charge on any atom is -0.491 e. The van der Waals surface area contributed by atoms with Gasteiger partial charge in [-0.05, 0) is 36.6 Å². The summed E-state index contributed by atoms with van der Waals surface area (Å²) in [6, 6.07) is 13.3. The summed E-state index contributed by atoms with van der Waals surface area (Å²) in [6.07, 6.45) is 0. The van der Waals surface area contributed by atoms with Gasteiger partial charge in [-0.25, -0.2) is 0 Å². The number of nitrogens with zero attached hydrogens (tertiary/aromatic N) is 1. The highest BCUT2D eigenvalue weighted by Crippen LogP contribution is 2.37. The second-order valence-electron chi connectivity index (χ2n) is 6.90. The summed E-state index contributed by atoms with van der Waals surface area (Å²) in [5.41, 5.74) is 6.48. The quantitative estimate of drug-likeness (QED) is 0.927. The zero-order valence-corrected chi connectivity index (χ0v) is 15.0. The van der Waals surface area contributed by atoms with Gasteiger partial charge >= 0.3 is 0 Å². The monoisotopic (exact) mass is 338 g/mol. The fraction of sp³-hybridized carbons (Fsp3) is 0.429. The van der Waals surface area contributed by atoms with Gasteiger partial charge in [0.05, 0.1) is 19.3 Å². The zero-order chi connectivity index (χ0) is 17.2. The van der Waals surface area contributed by atoms with E-state index in [9.17, 15) is 0 Å². The first kappa shape index (κ1) is 16.4. The van der Waals surface area contributed by atoms with Crippen LogP contribution in [0.15, 0.2) is 36.4 Å². The average molecular weight is 338 g/mol. The van der Waals surface area contributed by atoms with Crippen molar-refractivity contribution in [3.05, 3.63) is 58.7 Å². The largest absolute Gasteiger partial charge is 0.491 e. The summed E-state index contributed by atoms with van der Waals surface area (Å²) in [5, 5.41) is 3.70. The van der Waals surface area contributed by atoms with Crippen LogP contribution in [0.2, 0.25) is 0 Å². The van der Waals surface area contributed by atoms with Crippen molar-refractivity contribution in [2.75, 3.05) is 37.8 Å². The van der Waals surface area contributed by atoms with Crippen LogP contribution >= 0.6 is 0 Å². The lowest BCUT2D eigenvalue weighted by molar-refractivity contribution is 0.122. The molecule has 132 valence electrons. The van der Waals surface area contributed by atoms with Gasteiger partial charge in [0.1, 0.15) is 12.4 Å². The molecule has 4 nitrogen and oxygen atoms in total. The number of hydrogen-bond acceptors (Lipinski definition) is 4. The molecule has 0 saturated carbocycles. The molecular weight excluding hydrogens is 312 g/mol. The lowest BCUT2D eigenvalue weighted by Crippen LogP contribution is -2.37. The second kappa shape index (κ2) is 7.06. The Morgan fingerprint density at radius 3 is 2.72 bits per heavy atom. The molecule has 2 aliphatic rings. The molecule has 2 aliphatic heterocycles. The highest BCUT2D eigenvalue weighted by Gasteiger charge is 2.26. The van der Waals surface area contributed by atoms with Crippen molar-refractivity contribution in [2.45, 2.75) is 26.4 Å². The normalized spacial score (nSPS) is 19.6. The second-order valence-corrected chi connectivity index (χ2v) is 6.90. The molecule has 1 fully saturated rings. The average Bonchev–Trinajstić information content (AvgIpc) is 3.08. The van der Waals surface area contributed by atoms with Crippen LogP contribution < -0.4 is 15.0 Å². The fourth-order valence-electron chi connectivity index (χ4n) is 3.71. The Morgan fingerprint density at radius 1 is 1.08 bits per heavy atom. The molecular formula is C21H26N2O2. The van der Waals surface area contributed by atoms with Crippen LogP contribution in [0.5, 0.6) is 5.75 Å². The summed E-state index contributed by atoms with van der Waals surface area (Å²) in [5.74, 6) is 1.07. The molecule has 0 aliphatic carbocycles. The number of hydrogen-bond donors (Lipinski definition) is 1. The van der Waals surface area contributed by atoms with Crippen LogP contribution in [0.4, 0.5) is 5.69 Å². The summed E-state index contributed by atoms with van der Waals surface area (Å²) in [7, 11) is 0. The van der Waals surface area contributed by atoms with E-state index in [-0.39, 0.29) is 6.04 Å². The molecule has 0 unspecified atom stereocenters. The summed E-state index contributed by atoms with van der Waals surface area (Å²) < 4.78 is 11.5. The van der Waals surface area contributed by atoms with E-state index in [1.807, 2.05) is 0 Å². The van der Waals surface area contributed by atoms with Crippen molar-refractivity contribution in [1.82, 2.24) is 5.32 Å². The maximum Gasteiger partial charge on any atom is 0.127 e. The highest BCUT2D eigenvalue weighted by molar-refractivity contribution is 5.54. The SMILES string of the molecule is Cc1ccc2c(c1C)OC[C@H]2NCc1ccccc1N1CCOCC1. The number of anilines is 1. The number of morpholine rings is 1. The number of aryl methyl sites for hydroxylation is 1. The van der Waals surface area contributed by atoms with Gasteiger partial charge in [0.2, 0.25) is 0 Å². The molecule has 0 aromatic heterocycles. The number of para-hydroxylation sites is 1. The molecule has 4 rings (SSSR count). The minimum absolute atomic E-state index is 0.257. The molecule has 0 radical (unpaired) electrons. The molecule has 25 heavy (non-hydrogen) atoms. The van der Waals surface area contributed by atoms with Crippen molar-refractivity contribution in [2.24, 2.45) is 0 Å². The van der Waals surface area contributed by atoms with E-state index in [1.54, 1.807) is 0 Å². The molecule has 4 heteroatoms. The topological polar surface area (TPSA) is 33.7 Å². The van der Waals surface area contributed by atoms with Crippen molar-refractivity contribution in [3.8, 4) is 5.75 Å². The van der Waals surface area contributed by atoms with Crippen LogP contribution in [0.3, 0.4) is 0 Å². The van der Waals surface area contributed by atoms with E-state index < -0.39 is 0 Å². The van der Waals surface area contributed by atoms with Crippen molar-refractivity contribution < 1.29 is 9.47 Å². The Balaban J connectivity index is 1.49. The summed E-state index contributed by atoms with van der Waals surface area (Å²) >= 11 is 0. The van der Waals surface area contributed by atoms with E-state index in [4.69, 9.17) is 9.47 Å². The predicted octanol–water partition coefficient (Wildman–Crippen LogP) is 3.36. The minimum atomic E-state index is 0.257. The first-order valence-corrected chi connectivity index (χ1v) is 9.11. The van der Waals surface area contributed by atoms with Crippen LogP contribution in [0.25, 0.3) is 0 Å². The van der Waals surface area contributed by atoms with Gasteiger partial charge in [-0.1, -0.05) is 30.3 Å². The Morgan fingerprint density at radius 2 is 1.88 bits per heavy atom. The molecule has 0 spiro atoms. The number of rotatable bonds is 4. The van der Waals surface area contributed by atoms with E-state index in [0.29, 0.717) is 6.61 Å². The number of fused-ring (bicyclic) bond motifs is 1. The molecule has 0 bridgehead atoms. The van der Waals surface area contributed by atoms with Gasteiger partial charge in [0.15, 0.2) is 0 Å². The van der Waals surface area contributed by atoms with Crippen molar-refractivity contribution in [1.29, 1.82) is 0 Å². The number of ether oxygens (including phenoxy) is 2. The molecule has 1 N–H and O–H groups in total. The zero-order valence-electron chi connectivity index (χ0n) is 15.0. The molecule has 2 heterocycles. The summed E-state index contributed by atoms with van der Waals surface area (Å²) in [6.45, 7) is 9.38. The first-order valence-electron chi connectivity index (χ1n) is 9.11. The van der Waals surface area contributed by atoms with Gasteiger partial charge in [-0.2, -0.15) is 0 Å². The van der Waals surface area contributed by atoms with Crippen molar-refractivity contribution >= 4 is 5.69 Å². The molecule has 2 aromatic rings. The Kier molecular flexibility index (Phi) is 4.64. The fourth-order valence-corrected chi connectivity index (χ4v) is 3.71. The van der Waals surface area contributed by atoms with Gasteiger partial charge in [0.25, 0.3) is 0 Å². The lowest BCUT2D eigenvalue weighted by atomic mass is 10.0. The molecule has 1 saturated heterocycles. The number of benzene rings is 2. The maximum absolute atomic E-state index is 5.97. The van der Waals surface area contributed by atoms with E-state index in [1.165, 1.54) is 27.9 Å². The maximum atomic E-state index is 5.97. The predicted molar refractivity (Wildman–Crippen MR) is 100 cm³/mol. The lowest BCUT2D eigenvalue weighted by Gasteiger charge is -2.31. The van der Waals surface area contributed by atoms with Gasteiger partial charge in [-0.3, -0.25) is 0 Å². The molecule has 0 amide bonds. The third kappa shape index (κ3) is 3.24. The third-order valence-electron chi connectivity index (χ3n) is 5.36. The van der Waals surface area contributed by atoms with E-state index in [0.717, 1.165) is 38.6 Å². The standard InChI is InChI=1S/C21H26N2O2/c1-15-7-8-18-19(14-25-21(18)16(15)2)22-13-17-5-3-4-6-20(17)23-9-11-24-12-10-23/h3-8,19,22H,9-14H2,1-2H3/t19-/m1/s1. The first-order chi connectivity index (χ1) is 12.2. The molecule has 2 aromatic carbocycles. The van der Waals surface area contributed by atoms with Crippen LogP contribution in [0, 0.1) is 13.8 Å². The third-order valence-corrected chi connectivity index (χ3v) is 5.36. The van der Waals surface area contributed by atoms with Crippen molar-refractivity contribution in [3.63, 3.8) is 0 Å². The van der Waals surface area contributed by atoms with Gasteiger partial charge < -0.3 is 19.7 Å². The van der Waals surface area contributed by atoms with Gasteiger partial charge in [-0.15, -0.1) is 0 Å². The Hall–Kier alpha value is -2.04. The number of nitrogens with one attached hydrogen (secondary N) is 1. The van der Waals surface area contributed by atoms with E-state index in [2.05, 4.69) is 60.5 Å². The van der Waals surface area contributed by atoms with Gasteiger partial charge in [0, 0.05) is 30.9 Å². The summed E-state index contributed by atoms with van der Waals surface area (Å²) in [4.78, 5) is 2.42. The van der Waals surface area contributed by atoms with Crippen LogP contribution in [-0.2, 0) is 11.3 Å². The highest BCUT2D eigenvalue weighted by atomic mass is 16.5. The Bertz CT molecular complexity index is 754. The smallest absolute Gasteiger partial charge is 0.127 e. The molecule has 1 atom stereocenters. The van der Waals surface area contributed by atoms with Crippen LogP contribution in [0.1, 0.15) is 28.3 Å². The van der Waals surface area contributed by atoms with Crippen LogP contribution in [-0.4, -0.2) is 32.9 Å². The van der Waals surface area contributed by atoms with E-state index >= 15 is 0 Å².